The van der Waals surface area contributed by atoms with Gasteiger partial charge in [0.1, 0.15) is 0 Å². The van der Waals surface area contributed by atoms with Gasteiger partial charge in [0.05, 0.1) is 27.6 Å². The van der Waals surface area contributed by atoms with E-state index in [2.05, 4.69) is 19.5 Å². The Labute approximate surface area is 104 Å². The summed E-state index contributed by atoms with van der Waals surface area (Å²) in [4.78, 5) is 26.0. The molecule has 0 heterocycles. The molecule has 0 saturated heterocycles. The van der Waals surface area contributed by atoms with Crippen LogP contribution in [0.4, 0.5) is 0 Å². The number of rotatable bonds is 3. The standard InChI is InChI=1S/C10H13N3O5/c1-17-8(15)6-4-3-5(14)10(7(4)6,12-13-11)9(16)18-2/h4-7,14H,3H2,1-2H3/t4-,5-,6-,7-,10-/m0/s1/i5D. The summed E-state index contributed by atoms with van der Waals surface area (Å²) < 4.78 is 17.0. The van der Waals surface area contributed by atoms with Crippen LogP contribution in [0.5, 0.6) is 0 Å². The molecular weight excluding hydrogens is 242 g/mol. The Kier molecular flexibility index (Phi) is 2.61. The van der Waals surface area contributed by atoms with Crippen molar-refractivity contribution in [2.24, 2.45) is 22.9 Å². The van der Waals surface area contributed by atoms with Gasteiger partial charge < -0.3 is 14.6 Å². The number of methoxy groups -OCH3 is 2. The lowest BCUT2D eigenvalue weighted by atomic mass is 9.88. The first-order chi connectivity index (χ1) is 8.87. The van der Waals surface area contributed by atoms with Crippen LogP contribution in [0.15, 0.2) is 5.11 Å². The van der Waals surface area contributed by atoms with E-state index in [9.17, 15) is 14.7 Å². The van der Waals surface area contributed by atoms with Gasteiger partial charge in [-0.05, 0) is 17.9 Å². The van der Waals surface area contributed by atoms with Crippen molar-refractivity contribution in [1.29, 1.82) is 0 Å². The van der Waals surface area contributed by atoms with Gasteiger partial charge in [0, 0.05) is 10.8 Å². The molecule has 1 N–H and O–H groups in total. The highest BCUT2D eigenvalue weighted by Gasteiger charge is 2.75. The quantitative estimate of drug-likeness (QED) is 0.330. The normalized spacial score (nSPS) is 45.3. The maximum absolute atomic E-state index is 11.9. The molecule has 0 aromatic carbocycles. The Hall–Kier alpha value is -1.79. The molecule has 2 fully saturated rings. The highest BCUT2D eigenvalue weighted by molar-refractivity contribution is 5.88. The molecule has 2 saturated carbocycles. The average Bonchev–Trinajstić information content (AvgIpc) is 3.00. The van der Waals surface area contributed by atoms with Crippen LogP contribution in [0.3, 0.4) is 0 Å². The fourth-order valence-electron chi connectivity index (χ4n) is 2.87. The van der Waals surface area contributed by atoms with Gasteiger partial charge in [-0.25, -0.2) is 0 Å². The second-order valence-corrected chi connectivity index (χ2v) is 4.34. The van der Waals surface area contributed by atoms with Crippen molar-refractivity contribution in [3.8, 4) is 0 Å². The molecule has 0 unspecified atom stereocenters. The second-order valence-electron chi connectivity index (χ2n) is 4.34. The summed E-state index contributed by atoms with van der Waals surface area (Å²) in [6.07, 6.45) is -2.43. The number of hydrogen-bond acceptors (Lipinski definition) is 6. The first-order valence-corrected chi connectivity index (χ1v) is 5.32. The highest BCUT2D eigenvalue weighted by atomic mass is 16.5. The van der Waals surface area contributed by atoms with E-state index in [4.69, 9.17) is 6.90 Å². The molecule has 0 spiro atoms. The van der Waals surface area contributed by atoms with Gasteiger partial charge >= 0.3 is 11.9 Å². The highest BCUT2D eigenvalue weighted by Crippen LogP contribution is 2.64. The minimum absolute atomic E-state index is 0.147. The molecule has 5 atom stereocenters. The Morgan fingerprint density at radius 3 is 2.72 bits per heavy atom. The number of aliphatic hydroxyl groups is 1. The number of hydrogen-bond donors (Lipinski definition) is 1. The summed E-state index contributed by atoms with van der Waals surface area (Å²) in [5, 5.41) is 13.4. The van der Waals surface area contributed by atoms with Crippen molar-refractivity contribution in [2.75, 3.05) is 14.2 Å². The molecule has 0 aliphatic heterocycles. The molecule has 0 amide bonds. The van der Waals surface area contributed by atoms with Crippen molar-refractivity contribution in [1.82, 2.24) is 0 Å². The molecule has 2 rings (SSSR count). The number of esters is 2. The van der Waals surface area contributed by atoms with Crippen LogP contribution in [0.1, 0.15) is 7.79 Å². The predicted octanol–water partition coefficient (Wildman–Crippen LogP) is 0.00830. The van der Waals surface area contributed by atoms with Crippen LogP contribution in [0, 0.1) is 17.8 Å². The second kappa shape index (κ2) is 4.15. The van der Waals surface area contributed by atoms with Crippen molar-refractivity contribution in [3.05, 3.63) is 10.4 Å². The van der Waals surface area contributed by atoms with Gasteiger partial charge in [0.25, 0.3) is 0 Å². The van der Waals surface area contributed by atoms with Gasteiger partial charge in [-0.1, -0.05) is 5.11 Å². The number of fused-ring (bicyclic) bond motifs is 1. The lowest BCUT2D eigenvalue weighted by Gasteiger charge is -2.27. The smallest absolute Gasteiger partial charge is 0.320 e. The maximum atomic E-state index is 11.9. The lowest BCUT2D eigenvalue weighted by molar-refractivity contribution is -0.153. The molecule has 8 heteroatoms. The van der Waals surface area contributed by atoms with Crippen molar-refractivity contribution in [3.63, 3.8) is 0 Å². The third kappa shape index (κ3) is 1.39. The topological polar surface area (TPSA) is 122 Å². The van der Waals surface area contributed by atoms with E-state index in [0.717, 1.165) is 7.11 Å². The van der Waals surface area contributed by atoms with E-state index >= 15 is 0 Å². The molecular formula is C10H13N3O5. The first-order valence-electron chi connectivity index (χ1n) is 5.82. The number of nitrogens with zero attached hydrogens (tertiary/aromatic N) is 3. The van der Waals surface area contributed by atoms with Gasteiger partial charge in [0.2, 0.25) is 0 Å². The summed E-state index contributed by atoms with van der Waals surface area (Å²) in [6.45, 7) is 0. The van der Waals surface area contributed by atoms with Crippen LogP contribution >= 0.6 is 0 Å². The van der Waals surface area contributed by atoms with Gasteiger partial charge in [-0.15, -0.1) is 0 Å². The Bertz CT molecular complexity index is 490. The molecule has 18 heavy (non-hydrogen) atoms. The molecule has 0 bridgehead atoms. The Morgan fingerprint density at radius 2 is 2.22 bits per heavy atom. The Balaban J connectivity index is 2.46. The third-order valence-electron chi connectivity index (χ3n) is 3.69. The third-order valence-corrected chi connectivity index (χ3v) is 3.69. The molecule has 0 aromatic heterocycles. The van der Waals surface area contributed by atoms with Gasteiger partial charge in [-0.2, -0.15) is 0 Å². The van der Waals surface area contributed by atoms with Crippen molar-refractivity contribution < 1.29 is 25.5 Å². The maximum Gasteiger partial charge on any atom is 0.320 e. The summed E-state index contributed by atoms with van der Waals surface area (Å²) in [7, 11) is 2.27. The summed E-state index contributed by atoms with van der Waals surface area (Å²) in [5.74, 6) is -3.39. The van der Waals surface area contributed by atoms with E-state index in [1.54, 1.807) is 0 Å². The molecule has 0 aromatic rings. The average molecular weight is 256 g/mol. The summed E-state index contributed by atoms with van der Waals surface area (Å²) in [5.41, 5.74) is 6.53. The van der Waals surface area contributed by atoms with E-state index in [0.29, 0.717) is 0 Å². The van der Waals surface area contributed by atoms with Crippen molar-refractivity contribution in [2.45, 2.75) is 18.0 Å². The first kappa shape index (κ1) is 11.3. The summed E-state index contributed by atoms with van der Waals surface area (Å²) in [6, 6.07) is 0. The van der Waals surface area contributed by atoms with E-state index in [-0.39, 0.29) is 6.42 Å². The molecule has 0 radical (unpaired) electrons. The number of azide groups is 1. The van der Waals surface area contributed by atoms with Crippen LogP contribution < -0.4 is 0 Å². The zero-order valence-corrected chi connectivity index (χ0v) is 9.86. The minimum Gasteiger partial charge on any atom is -0.469 e. The van der Waals surface area contributed by atoms with E-state index in [1.807, 2.05) is 0 Å². The molecule has 8 nitrogen and oxygen atoms in total. The zero-order valence-electron chi connectivity index (χ0n) is 10.9. The zero-order chi connectivity index (χ0) is 14.4. The van der Waals surface area contributed by atoms with E-state index < -0.39 is 41.3 Å². The van der Waals surface area contributed by atoms with Crippen LogP contribution in [-0.4, -0.2) is 42.9 Å². The fourth-order valence-corrected chi connectivity index (χ4v) is 2.87. The van der Waals surface area contributed by atoms with Crippen LogP contribution in [0.25, 0.3) is 10.4 Å². The number of ether oxygens (including phenoxy) is 2. The number of carbonyl (C=O) groups excluding carboxylic acids is 2. The monoisotopic (exact) mass is 256 g/mol. The van der Waals surface area contributed by atoms with Crippen molar-refractivity contribution >= 4 is 11.9 Å². The minimum atomic E-state index is -2.29. The SMILES string of the molecule is [2H][C@]1(O)C[C@H]2[C@H](C(=O)OC)[C@H]2[C@]1(N=[N+]=[N-])C(=O)OC. The van der Waals surface area contributed by atoms with E-state index in [1.165, 1.54) is 7.11 Å². The van der Waals surface area contributed by atoms with Crippen LogP contribution in [0.2, 0.25) is 0 Å². The molecule has 98 valence electrons. The molecule has 2 aliphatic carbocycles. The van der Waals surface area contributed by atoms with Crippen LogP contribution in [-0.2, 0) is 19.1 Å². The fraction of sp³-hybridized carbons (Fsp3) is 0.800. The predicted molar refractivity (Wildman–Crippen MR) is 57.0 cm³/mol. The summed E-state index contributed by atoms with van der Waals surface area (Å²) >= 11 is 0. The van der Waals surface area contributed by atoms with Gasteiger partial charge in [-0.3, -0.25) is 9.59 Å². The Morgan fingerprint density at radius 1 is 1.56 bits per heavy atom. The lowest BCUT2D eigenvalue weighted by Crippen LogP contribution is -2.49. The number of carbonyl (C=O) groups is 2. The molecule has 2 aliphatic rings. The largest absolute Gasteiger partial charge is 0.469 e. The van der Waals surface area contributed by atoms with Gasteiger partial charge in [0.15, 0.2) is 5.54 Å².